The molecule has 1 aliphatic rings. The van der Waals surface area contributed by atoms with Gasteiger partial charge in [-0.25, -0.2) is 8.42 Å². The van der Waals surface area contributed by atoms with Gasteiger partial charge in [0.15, 0.2) is 0 Å². The third-order valence-corrected chi connectivity index (χ3v) is 3.81. The van der Waals surface area contributed by atoms with E-state index < -0.39 is 15.9 Å². The fourth-order valence-electron chi connectivity index (χ4n) is 1.82. The van der Waals surface area contributed by atoms with Gasteiger partial charge in [-0.1, -0.05) is 28.1 Å². The Kier molecular flexibility index (Phi) is 3.27. The van der Waals surface area contributed by atoms with Crippen LogP contribution in [-0.2, 0) is 14.8 Å². The minimum absolute atomic E-state index is 0.143. The number of hydrogen-bond acceptors (Lipinski definition) is 3. The molecule has 4 nitrogen and oxygen atoms in total. The van der Waals surface area contributed by atoms with Crippen LogP contribution < -0.4 is 4.72 Å². The second-order valence-electron chi connectivity index (χ2n) is 4.24. The van der Waals surface area contributed by atoms with E-state index in [2.05, 4.69) is 15.9 Å². The highest BCUT2D eigenvalue weighted by molar-refractivity contribution is 9.10. The molecule has 17 heavy (non-hydrogen) atoms. The molecule has 1 fully saturated rings. The van der Waals surface area contributed by atoms with Gasteiger partial charge in [-0.2, -0.15) is 0 Å². The lowest BCUT2D eigenvalue weighted by molar-refractivity contribution is -0.120. The summed E-state index contributed by atoms with van der Waals surface area (Å²) >= 11 is 3.34. The Bertz CT molecular complexity index is 538. The van der Waals surface area contributed by atoms with E-state index in [-0.39, 0.29) is 11.8 Å². The summed E-state index contributed by atoms with van der Waals surface area (Å²) in [6, 6.07) is 7.73. The molecule has 0 aliphatic heterocycles. The first-order chi connectivity index (χ1) is 7.87. The second kappa shape index (κ2) is 4.42. The van der Waals surface area contributed by atoms with Crippen LogP contribution in [0.15, 0.2) is 28.7 Å². The largest absolute Gasteiger partial charge is 0.274 e. The Labute approximate surface area is 109 Å². The summed E-state index contributed by atoms with van der Waals surface area (Å²) in [6.07, 6.45) is 1.70. The molecule has 1 N–H and O–H groups in total. The van der Waals surface area contributed by atoms with Crippen LogP contribution in [0.5, 0.6) is 0 Å². The smallest absolute Gasteiger partial charge is 0.237 e. The van der Waals surface area contributed by atoms with Crippen LogP contribution in [0.1, 0.15) is 17.9 Å². The van der Waals surface area contributed by atoms with Crippen molar-refractivity contribution in [2.45, 2.75) is 12.3 Å². The summed E-state index contributed by atoms with van der Waals surface area (Å²) < 4.78 is 24.8. The minimum Gasteiger partial charge on any atom is -0.274 e. The average molecular weight is 318 g/mol. The molecule has 1 aromatic carbocycles. The molecule has 2 unspecified atom stereocenters. The molecule has 0 saturated heterocycles. The lowest BCUT2D eigenvalue weighted by atomic mass is 10.1. The van der Waals surface area contributed by atoms with Crippen LogP contribution in [-0.4, -0.2) is 20.6 Å². The molecule has 0 bridgehead atoms. The van der Waals surface area contributed by atoms with Gasteiger partial charge in [-0.3, -0.25) is 9.52 Å². The molecule has 1 amide bonds. The number of sulfonamides is 1. The summed E-state index contributed by atoms with van der Waals surface area (Å²) in [4.78, 5) is 11.6. The number of halogens is 1. The van der Waals surface area contributed by atoms with Crippen LogP contribution >= 0.6 is 15.9 Å². The Morgan fingerprint density at radius 1 is 1.35 bits per heavy atom. The third-order valence-electron chi connectivity index (χ3n) is 2.71. The van der Waals surface area contributed by atoms with Gasteiger partial charge in [0.2, 0.25) is 15.9 Å². The van der Waals surface area contributed by atoms with E-state index in [9.17, 15) is 13.2 Å². The lowest BCUT2D eigenvalue weighted by Crippen LogP contribution is -2.30. The molecular weight excluding hydrogens is 306 g/mol. The molecule has 1 aliphatic carbocycles. The standard InChI is InChI=1S/C11H12BrNO3S/c1-17(15,16)13-11(14)10-6-9(10)7-2-4-8(12)5-3-7/h2-5,9-10H,6H2,1H3,(H,13,14). The first kappa shape index (κ1) is 12.6. The minimum atomic E-state index is -3.45. The van der Waals surface area contributed by atoms with Crippen LogP contribution in [0.4, 0.5) is 0 Å². The highest BCUT2D eigenvalue weighted by Crippen LogP contribution is 2.47. The average Bonchev–Trinajstić information content (AvgIpc) is 2.96. The normalized spacial score (nSPS) is 23.2. The maximum Gasteiger partial charge on any atom is 0.237 e. The summed E-state index contributed by atoms with van der Waals surface area (Å²) in [7, 11) is -3.45. The Morgan fingerprint density at radius 2 is 1.94 bits per heavy atom. The monoisotopic (exact) mass is 317 g/mol. The number of hydrogen-bond donors (Lipinski definition) is 1. The molecule has 0 spiro atoms. The summed E-state index contributed by atoms with van der Waals surface area (Å²) in [5, 5.41) is 0. The van der Waals surface area contributed by atoms with Crippen molar-refractivity contribution in [1.29, 1.82) is 0 Å². The fraction of sp³-hybridized carbons (Fsp3) is 0.364. The molecule has 2 atom stereocenters. The van der Waals surface area contributed by atoms with Crippen molar-refractivity contribution in [2.24, 2.45) is 5.92 Å². The van der Waals surface area contributed by atoms with Gasteiger partial charge in [-0.05, 0) is 30.0 Å². The molecule has 2 rings (SSSR count). The molecular formula is C11H12BrNO3S. The van der Waals surface area contributed by atoms with Gasteiger partial charge in [0.25, 0.3) is 0 Å². The molecule has 0 radical (unpaired) electrons. The Morgan fingerprint density at radius 3 is 2.47 bits per heavy atom. The molecule has 0 aromatic heterocycles. The zero-order valence-electron chi connectivity index (χ0n) is 9.18. The zero-order chi connectivity index (χ0) is 12.6. The van der Waals surface area contributed by atoms with Gasteiger partial charge in [-0.15, -0.1) is 0 Å². The highest BCUT2D eigenvalue weighted by Gasteiger charge is 2.44. The van der Waals surface area contributed by atoms with Crippen molar-refractivity contribution in [1.82, 2.24) is 4.72 Å². The first-order valence-electron chi connectivity index (χ1n) is 5.14. The van der Waals surface area contributed by atoms with Gasteiger partial charge >= 0.3 is 0 Å². The van der Waals surface area contributed by atoms with Crippen LogP contribution in [0.2, 0.25) is 0 Å². The van der Waals surface area contributed by atoms with Crippen molar-refractivity contribution < 1.29 is 13.2 Å². The molecule has 92 valence electrons. The SMILES string of the molecule is CS(=O)(=O)NC(=O)C1CC1c1ccc(Br)cc1. The molecule has 1 saturated carbocycles. The van der Waals surface area contributed by atoms with Gasteiger partial charge in [0.05, 0.1) is 6.26 Å². The van der Waals surface area contributed by atoms with Crippen molar-refractivity contribution in [3.8, 4) is 0 Å². The van der Waals surface area contributed by atoms with Crippen molar-refractivity contribution in [3.63, 3.8) is 0 Å². The van der Waals surface area contributed by atoms with Crippen molar-refractivity contribution in [3.05, 3.63) is 34.3 Å². The number of carbonyl (C=O) groups is 1. The topological polar surface area (TPSA) is 63.2 Å². The van der Waals surface area contributed by atoms with Gasteiger partial charge < -0.3 is 0 Å². The zero-order valence-corrected chi connectivity index (χ0v) is 11.6. The van der Waals surface area contributed by atoms with Crippen LogP contribution in [0.3, 0.4) is 0 Å². The predicted octanol–water partition coefficient (Wildman–Crippen LogP) is 1.63. The van der Waals surface area contributed by atoms with Gasteiger partial charge in [0.1, 0.15) is 0 Å². The van der Waals surface area contributed by atoms with E-state index in [1.807, 2.05) is 29.0 Å². The second-order valence-corrected chi connectivity index (χ2v) is 6.90. The number of carbonyl (C=O) groups excluding carboxylic acids is 1. The first-order valence-corrected chi connectivity index (χ1v) is 7.82. The predicted molar refractivity (Wildman–Crippen MR) is 68.0 cm³/mol. The maximum absolute atomic E-state index is 11.6. The lowest BCUT2D eigenvalue weighted by Gasteiger charge is -2.02. The number of rotatable bonds is 3. The van der Waals surface area contributed by atoms with Crippen molar-refractivity contribution >= 4 is 31.9 Å². The Balaban J connectivity index is 2.01. The number of nitrogens with one attached hydrogen (secondary N) is 1. The highest BCUT2D eigenvalue weighted by atomic mass is 79.9. The van der Waals surface area contributed by atoms with Gasteiger partial charge in [0, 0.05) is 10.4 Å². The Hall–Kier alpha value is -0.880. The van der Waals surface area contributed by atoms with E-state index in [0.717, 1.165) is 16.3 Å². The summed E-state index contributed by atoms with van der Waals surface area (Å²) in [6.45, 7) is 0. The third kappa shape index (κ3) is 3.29. The number of amides is 1. The quantitative estimate of drug-likeness (QED) is 0.921. The molecule has 0 heterocycles. The maximum atomic E-state index is 11.6. The van der Waals surface area contributed by atoms with E-state index in [1.165, 1.54) is 0 Å². The molecule has 1 aromatic rings. The van der Waals surface area contributed by atoms with E-state index >= 15 is 0 Å². The van der Waals surface area contributed by atoms with Crippen LogP contribution in [0, 0.1) is 5.92 Å². The summed E-state index contributed by atoms with van der Waals surface area (Å²) in [5.74, 6) is -0.476. The number of benzene rings is 1. The van der Waals surface area contributed by atoms with Crippen LogP contribution in [0.25, 0.3) is 0 Å². The van der Waals surface area contributed by atoms with E-state index in [4.69, 9.17) is 0 Å². The summed E-state index contributed by atoms with van der Waals surface area (Å²) in [5.41, 5.74) is 1.07. The van der Waals surface area contributed by atoms with E-state index in [0.29, 0.717) is 6.42 Å². The van der Waals surface area contributed by atoms with Crippen molar-refractivity contribution in [2.75, 3.05) is 6.26 Å². The molecule has 6 heteroatoms. The fourth-order valence-corrected chi connectivity index (χ4v) is 2.60. The van der Waals surface area contributed by atoms with E-state index in [1.54, 1.807) is 0 Å².